The Kier molecular flexibility index (Phi) is 10.6. The highest BCUT2D eigenvalue weighted by atomic mass is 35.5. The molecule has 5 nitrogen and oxygen atoms in total. The van der Waals surface area contributed by atoms with E-state index in [-0.39, 0.29) is 0 Å². The smallest absolute Gasteiger partial charge is 0.338 e. The molecule has 0 spiro atoms. The predicted molar refractivity (Wildman–Crippen MR) is 110 cm³/mol. The molecule has 0 aliphatic carbocycles. The van der Waals surface area contributed by atoms with Gasteiger partial charge >= 0.3 is 5.97 Å². The first kappa shape index (κ1) is 23.6. The van der Waals surface area contributed by atoms with E-state index in [0.717, 1.165) is 36.7 Å². The summed E-state index contributed by atoms with van der Waals surface area (Å²) in [5, 5.41) is 0.363. The zero-order chi connectivity index (χ0) is 20.3. The Morgan fingerprint density at radius 3 is 2.37 bits per heavy atom. The van der Waals surface area contributed by atoms with Crippen LogP contribution in [0.3, 0.4) is 0 Å². The summed E-state index contributed by atoms with van der Waals surface area (Å²) in [5.41, 5.74) is 0.377. The van der Waals surface area contributed by atoms with Crippen LogP contribution in [0.15, 0.2) is 12.1 Å². The molecule has 154 valence electrons. The van der Waals surface area contributed by atoms with Gasteiger partial charge in [-0.3, -0.25) is 0 Å². The third-order valence-corrected chi connectivity index (χ3v) is 4.45. The Labute approximate surface area is 169 Å². The summed E-state index contributed by atoms with van der Waals surface area (Å²) >= 11 is 6.32. The first-order valence-corrected chi connectivity index (χ1v) is 10.1. The highest BCUT2D eigenvalue weighted by molar-refractivity contribution is 6.32. The number of ether oxygens (including phenoxy) is 3. The fourth-order valence-corrected chi connectivity index (χ4v) is 2.88. The molecule has 0 amide bonds. The second kappa shape index (κ2) is 12.1. The fraction of sp³-hybridized carbons (Fsp3) is 0.667. The summed E-state index contributed by atoms with van der Waals surface area (Å²) in [4.78, 5) is 12.3. The average molecular weight is 401 g/mol. The van der Waals surface area contributed by atoms with E-state index < -0.39 is 5.97 Å². The van der Waals surface area contributed by atoms with E-state index in [1.165, 1.54) is 20.0 Å². The van der Waals surface area contributed by atoms with Gasteiger partial charge in [0, 0.05) is 0 Å². The maximum absolute atomic E-state index is 12.3. The molecule has 6 heteroatoms. The quantitative estimate of drug-likeness (QED) is 0.267. The Morgan fingerprint density at radius 1 is 1.04 bits per heavy atom. The van der Waals surface area contributed by atoms with Crippen LogP contribution in [-0.2, 0) is 4.74 Å². The maximum atomic E-state index is 12.3. The van der Waals surface area contributed by atoms with Gasteiger partial charge in [-0.2, -0.15) is 0 Å². The van der Waals surface area contributed by atoms with E-state index in [2.05, 4.69) is 28.1 Å². The van der Waals surface area contributed by atoms with Crippen molar-refractivity contribution in [2.45, 2.75) is 45.4 Å². The van der Waals surface area contributed by atoms with Gasteiger partial charge < -0.3 is 18.7 Å². The monoisotopic (exact) mass is 400 g/mol. The van der Waals surface area contributed by atoms with E-state index in [0.29, 0.717) is 35.3 Å². The van der Waals surface area contributed by atoms with Crippen LogP contribution < -0.4 is 9.47 Å². The molecule has 0 saturated carbocycles. The van der Waals surface area contributed by atoms with Gasteiger partial charge in [0.05, 0.1) is 58.6 Å². The average Bonchev–Trinajstić information content (AvgIpc) is 2.60. The minimum atomic E-state index is -0.394. The molecule has 27 heavy (non-hydrogen) atoms. The van der Waals surface area contributed by atoms with Gasteiger partial charge in [-0.25, -0.2) is 4.79 Å². The van der Waals surface area contributed by atoms with Crippen molar-refractivity contribution in [1.82, 2.24) is 0 Å². The Bertz CT molecular complexity index is 584. The van der Waals surface area contributed by atoms with Crippen molar-refractivity contribution >= 4 is 17.6 Å². The number of benzene rings is 1. The molecule has 0 aliphatic rings. The molecule has 1 aromatic rings. The highest BCUT2D eigenvalue weighted by Gasteiger charge is 2.17. The van der Waals surface area contributed by atoms with Crippen LogP contribution in [0.2, 0.25) is 5.02 Å². The van der Waals surface area contributed by atoms with Gasteiger partial charge in [-0.05, 0) is 31.4 Å². The second-order valence-corrected chi connectivity index (χ2v) is 8.16. The zero-order valence-electron chi connectivity index (χ0n) is 17.5. The number of carbonyl (C=O) groups is 1. The third-order valence-electron chi connectivity index (χ3n) is 4.17. The lowest BCUT2D eigenvalue weighted by molar-refractivity contribution is -0.870. The van der Waals surface area contributed by atoms with Crippen LogP contribution in [0.25, 0.3) is 0 Å². The number of unbranched alkanes of at least 4 members (excludes halogenated alkanes) is 4. The van der Waals surface area contributed by atoms with Crippen LogP contribution in [-0.4, -0.2) is 58.5 Å². The lowest BCUT2D eigenvalue weighted by Crippen LogP contribution is -2.35. The second-order valence-electron chi connectivity index (χ2n) is 7.76. The topological polar surface area (TPSA) is 44.8 Å². The third kappa shape index (κ3) is 9.34. The molecule has 0 N–H and O–H groups in total. The largest absolute Gasteiger partial charge is 0.493 e. The van der Waals surface area contributed by atoms with Crippen molar-refractivity contribution in [1.29, 1.82) is 0 Å². The normalized spacial score (nSPS) is 11.3. The Morgan fingerprint density at radius 2 is 1.74 bits per heavy atom. The van der Waals surface area contributed by atoms with E-state index in [1.54, 1.807) is 12.1 Å². The van der Waals surface area contributed by atoms with Crippen molar-refractivity contribution in [2.75, 3.05) is 48.0 Å². The SMILES string of the molecule is CCCCCCOc1c(Cl)cc(C(=O)OCCCC[N+](C)(C)C)cc1OC. The molecule has 0 radical (unpaired) electrons. The van der Waals surface area contributed by atoms with Crippen LogP contribution in [0.4, 0.5) is 0 Å². The summed E-state index contributed by atoms with van der Waals surface area (Å²) in [5.74, 6) is 0.542. The van der Waals surface area contributed by atoms with Crippen molar-refractivity contribution < 1.29 is 23.5 Å². The van der Waals surface area contributed by atoms with Crippen molar-refractivity contribution in [3.63, 3.8) is 0 Å². The fourth-order valence-electron chi connectivity index (χ4n) is 2.62. The summed E-state index contributed by atoms with van der Waals surface area (Å²) in [6, 6.07) is 3.21. The first-order chi connectivity index (χ1) is 12.8. The summed E-state index contributed by atoms with van der Waals surface area (Å²) in [7, 11) is 7.98. The van der Waals surface area contributed by atoms with E-state index in [1.807, 2.05) is 0 Å². The van der Waals surface area contributed by atoms with E-state index in [4.69, 9.17) is 25.8 Å². The predicted octanol–water partition coefficient (Wildman–Crippen LogP) is 4.95. The lowest BCUT2D eigenvalue weighted by atomic mass is 10.2. The standard InChI is InChI=1S/C21H35ClNO4/c1-6-7-8-10-13-26-20-18(22)15-17(16-19(20)25-5)21(24)27-14-11-9-12-23(2,3)4/h15-16H,6-14H2,1-5H3/q+1. The van der Waals surface area contributed by atoms with E-state index in [9.17, 15) is 4.79 Å². The van der Waals surface area contributed by atoms with Crippen LogP contribution in [0, 0.1) is 0 Å². The van der Waals surface area contributed by atoms with Crippen molar-refractivity contribution in [3.8, 4) is 11.5 Å². The molecule has 0 aromatic heterocycles. The number of halogens is 1. The minimum Gasteiger partial charge on any atom is -0.493 e. The number of methoxy groups -OCH3 is 1. The zero-order valence-corrected chi connectivity index (χ0v) is 18.2. The molecule has 1 rings (SSSR count). The Balaban J connectivity index is 2.58. The molecular weight excluding hydrogens is 366 g/mol. The van der Waals surface area contributed by atoms with Gasteiger partial charge in [-0.1, -0.05) is 37.8 Å². The molecule has 0 unspecified atom stereocenters. The van der Waals surface area contributed by atoms with Crippen molar-refractivity contribution in [3.05, 3.63) is 22.7 Å². The number of hydrogen-bond donors (Lipinski definition) is 0. The number of esters is 1. The van der Waals surface area contributed by atoms with Gasteiger partial charge in [0.25, 0.3) is 0 Å². The lowest BCUT2D eigenvalue weighted by Gasteiger charge is -2.23. The highest BCUT2D eigenvalue weighted by Crippen LogP contribution is 2.36. The molecule has 0 fully saturated rings. The Hall–Kier alpha value is -1.46. The number of carbonyl (C=O) groups excluding carboxylic acids is 1. The van der Waals surface area contributed by atoms with Crippen LogP contribution >= 0.6 is 11.6 Å². The molecule has 0 atom stereocenters. The number of quaternary nitrogens is 1. The summed E-state index contributed by atoms with van der Waals surface area (Å²) in [6.45, 7) is 4.18. The van der Waals surface area contributed by atoms with Crippen LogP contribution in [0.5, 0.6) is 11.5 Å². The van der Waals surface area contributed by atoms with Crippen LogP contribution in [0.1, 0.15) is 55.8 Å². The molecule has 0 saturated heterocycles. The van der Waals surface area contributed by atoms with Crippen molar-refractivity contribution in [2.24, 2.45) is 0 Å². The number of nitrogens with zero attached hydrogens (tertiary/aromatic N) is 1. The van der Waals surface area contributed by atoms with Gasteiger partial charge in [0.1, 0.15) is 0 Å². The van der Waals surface area contributed by atoms with Gasteiger partial charge in [0.15, 0.2) is 11.5 Å². The van der Waals surface area contributed by atoms with Gasteiger partial charge in [0.2, 0.25) is 0 Å². The van der Waals surface area contributed by atoms with E-state index >= 15 is 0 Å². The molecule has 0 aliphatic heterocycles. The molecular formula is C21H35ClNO4+. The maximum Gasteiger partial charge on any atom is 0.338 e. The summed E-state index contributed by atoms with van der Waals surface area (Å²) in [6.07, 6.45) is 6.29. The van der Waals surface area contributed by atoms with Gasteiger partial charge in [-0.15, -0.1) is 0 Å². The number of rotatable bonds is 13. The molecule has 0 heterocycles. The molecule has 1 aromatic carbocycles. The minimum absolute atomic E-state index is 0.363. The summed E-state index contributed by atoms with van der Waals surface area (Å²) < 4.78 is 17.4. The number of hydrogen-bond acceptors (Lipinski definition) is 4. The first-order valence-electron chi connectivity index (χ1n) is 9.76. The molecule has 0 bridgehead atoms.